The van der Waals surface area contributed by atoms with Gasteiger partial charge in [0, 0.05) is 62.2 Å². The average Bonchev–Trinajstić information content (AvgIpc) is 3.53. The first-order valence-corrected chi connectivity index (χ1v) is 18.2. The Hall–Kier alpha value is -6.65. The topological polar surface area (TPSA) is 24.3 Å². The van der Waals surface area contributed by atoms with Gasteiger partial charge in [0.05, 0.1) is 16.6 Å². The molecule has 2 aromatic heterocycles. The number of rotatable bonds is 7. The minimum atomic E-state index is 0.0211. The van der Waals surface area contributed by atoms with Gasteiger partial charge < -0.3 is 14.4 Å². The summed E-state index contributed by atoms with van der Waals surface area (Å²) in [5, 5.41) is 3.57. The van der Waals surface area contributed by atoms with Crippen molar-refractivity contribution < 1.29 is 0 Å². The van der Waals surface area contributed by atoms with Crippen molar-refractivity contribution in [2.75, 3.05) is 9.80 Å². The van der Waals surface area contributed by atoms with Gasteiger partial charge >= 0.3 is 0 Å². The molecule has 0 fully saturated rings. The molecule has 0 bridgehead atoms. The Kier molecular flexibility index (Phi) is 8.01. The molecule has 0 aliphatic rings. The van der Waals surface area contributed by atoms with Gasteiger partial charge in [-0.05, 0) is 126 Å². The Labute approximate surface area is 310 Å². The van der Waals surface area contributed by atoms with Crippen molar-refractivity contribution in [1.29, 1.82) is 0 Å². The first kappa shape index (κ1) is 32.3. The summed E-state index contributed by atoms with van der Waals surface area (Å²) >= 11 is 0. The van der Waals surface area contributed by atoms with Crippen molar-refractivity contribution >= 4 is 66.8 Å². The number of para-hydroxylation sites is 3. The third-order valence-electron chi connectivity index (χ3n) is 10.1. The molecule has 4 nitrogen and oxygen atoms in total. The van der Waals surface area contributed by atoms with Crippen LogP contribution in [0.15, 0.2) is 188 Å². The Morgan fingerprint density at radius 2 is 0.925 bits per heavy atom. The fraction of sp³-hybridized carbons (Fsp3) is 0.0816. The highest BCUT2D eigenvalue weighted by Gasteiger charge is 2.21. The number of hydrogen-bond donors (Lipinski definition) is 0. The number of aromatic nitrogens is 2. The summed E-state index contributed by atoms with van der Waals surface area (Å²) < 4.78 is 2.39. The fourth-order valence-electron chi connectivity index (χ4n) is 7.47. The van der Waals surface area contributed by atoms with Gasteiger partial charge in [-0.1, -0.05) is 87.5 Å². The molecule has 0 saturated carbocycles. The van der Waals surface area contributed by atoms with Crippen molar-refractivity contribution in [2.45, 2.75) is 26.2 Å². The molecular weight excluding hydrogens is 645 g/mol. The smallest absolute Gasteiger partial charge is 0.0703 e. The first-order valence-electron chi connectivity index (χ1n) is 18.2. The van der Waals surface area contributed by atoms with Crippen LogP contribution in [0.25, 0.3) is 38.4 Å². The van der Waals surface area contributed by atoms with Gasteiger partial charge in [-0.25, -0.2) is 0 Å². The van der Waals surface area contributed by atoms with Crippen LogP contribution in [0.4, 0.5) is 34.1 Å². The molecule has 2 heterocycles. The van der Waals surface area contributed by atoms with Gasteiger partial charge in [-0.3, -0.25) is 4.98 Å². The van der Waals surface area contributed by atoms with E-state index >= 15 is 0 Å². The van der Waals surface area contributed by atoms with Crippen molar-refractivity contribution in [3.8, 4) is 5.69 Å². The average molecular weight is 685 g/mol. The summed E-state index contributed by atoms with van der Waals surface area (Å²) in [5.41, 5.74) is 12.4. The van der Waals surface area contributed by atoms with Gasteiger partial charge in [0.1, 0.15) is 0 Å². The van der Waals surface area contributed by atoms with Crippen LogP contribution < -0.4 is 9.80 Å². The molecule has 0 saturated heterocycles. The second kappa shape index (κ2) is 13.2. The number of fused-ring (bicyclic) bond motifs is 4. The molecule has 7 aromatic carbocycles. The maximum atomic E-state index is 4.62. The normalized spacial score (nSPS) is 11.7. The first-order chi connectivity index (χ1) is 25.9. The minimum Gasteiger partial charge on any atom is -0.311 e. The SMILES string of the molecule is CC(C)(C)c1ccc2c(c1)c1cc(N(c3ccc(N(c4ccccc4)c4ccccc4)cc3)c3ccc4ncccc4c3)ccc1n2-c1ccccc1. The van der Waals surface area contributed by atoms with Gasteiger partial charge in [0.15, 0.2) is 0 Å². The summed E-state index contributed by atoms with van der Waals surface area (Å²) in [6, 6.07) is 65.2. The molecule has 0 N–H and O–H groups in total. The highest BCUT2D eigenvalue weighted by atomic mass is 15.2. The van der Waals surface area contributed by atoms with Gasteiger partial charge in [-0.2, -0.15) is 0 Å². The van der Waals surface area contributed by atoms with E-state index in [1.165, 1.54) is 27.4 Å². The molecule has 0 radical (unpaired) electrons. The fourth-order valence-corrected chi connectivity index (χ4v) is 7.47. The summed E-state index contributed by atoms with van der Waals surface area (Å²) in [5.74, 6) is 0. The molecule has 4 heteroatoms. The van der Waals surface area contributed by atoms with E-state index in [-0.39, 0.29) is 5.41 Å². The maximum absolute atomic E-state index is 4.62. The van der Waals surface area contributed by atoms with E-state index in [0.29, 0.717) is 0 Å². The zero-order valence-electron chi connectivity index (χ0n) is 30.2. The van der Waals surface area contributed by atoms with Crippen LogP contribution in [0, 0.1) is 0 Å². The van der Waals surface area contributed by atoms with Crippen LogP contribution >= 0.6 is 0 Å². The molecule has 0 unspecified atom stereocenters. The van der Waals surface area contributed by atoms with Gasteiger partial charge in [0.25, 0.3) is 0 Å². The predicted molar refractivity (Wildman–Crippen MR) is 224 cm³/mol. The highest BCUT2D eigenvalue weighted by Crippen LogP contribution is 2.43. The van der Waals surface area contributed by atoms with Crippen LogP contribution in [-0.2, 0) is 5.41 Å². The molecule has 0 aliphatic heterocycles. The Balaban J connectivity index is 1.24. The van der Waals surface area contributed by atoms with Crippen LogP contribution in [0.1, 0.15) is 26.3 Å². The van der Waals surface area contributed by atoms with E-state index in [1.807, 2.05) is 12.3 Å². The monoisotopic (exact) mass is 684 g/mol. The molecular formula is C49H40N4. The van der Waals surface area contributed by atoms with Crippen LogP contribution in [0.5, 0.6) is 0 Å². The molecule has 256 valence electrons. The molecule has 53 heavy (non-hydrogen) atoms. The van der Waals surface area contributed by atoms with Gasteiger partial charge in [-0.15, -0.1) is 0 Å². The van der Waals surface area contributed by atoms with E-state index < -0.39 is 0 Å². The van der Waals surface area contributed by atoms with E-state index in [9.17, 15) is 0 Å². The molecule has 0 spiro atoms. The molecule has 0 aliphatic carbocycles. The molecule has 9 aromatic rings. The molecule has 9 rings (SSSR count). The Morgan fingerprint density at radius 3 is 1.55 bits per heavy atom. The summed E-state index contributed by atoms with van der Waals surface area (Å²) in [6.45, 7) is 6.85. The highest BCUT2D eigenvalue weighted by molar-refractivity contribution is 6.11. The van der Waals surface area contributed by atoms with Crippen molar-refractivity contribution in [2.24, 2.45) is 0 Å². The quantitative estimate of drug-likeness (QED) is 0.167. The van der Waals surface area contributed by atoms with Crippen LogP contribution in [0.3, 0.4) is 0 Å². The maximum Gasteiger partial charge on any atom is 0.0703 e. The van der Waals surface area contributed by atoms with E-state index in [1.54, 1.807) is 0 Å². The summed E-state index contributed by atoms with van der Waals surface area (Å²) in [6.07, 6.45) is 1.85. The summed E-state index contributed by atoms with van der Waals surface area (Å²) in [4.78, 5) is 9.29. The Bertz CT molecular complexity index is 2650. The molecule has 0 amide bonds. The van der Waals surface area contributed by atoms with E-state index in [2.05, 4.69) is 216 Å². The van der Waals surface area contributed by atoms with Gasteiger partial charge in [0.2, 0.25) is 0 Å². The number of hydrogen-bond acceptors (Lipinski definition) is 3. The van der Waals surface area contributed by atoms with Crippen LogP contribution in [-0.4, -0.2) is 9.55 Å². The lowest BCUT2D eigenvalue weighted by Crippen LogP contribution is -2.12. The Morgan fingerprint density at radius 1 is 0.434 bits per heavy atom. The number of nitrogens with zero attached hydrogens (tertiary/aromatic N) is 4. The molecule has 0 atom stereocenters. The lowest BCUT2D eigenvalue weighted by molar-refractivity contribution is 0.591. The van der Waals surface area contributed by atoms with Crippen molar-refractivity contribution in [1.82, 2.24) is 9.55 Å². The third kappa shape index (κ3) is 5.98. The predicted octanol–water partition coefficient (Wildman–Crippen LogP) is 13.6. The lowest BCUT2D eigenvalue weighted by Gasteiger charge is -2.28. The largest absolute Gasteiger partial charge is 0.311 e. The number of pyridine rings is 1. The van der Waals surface area contributed by atoms with Crippen molar-refractivity contribution in [3.63, 3.8) is 0 Å². The number of benzene rings is 7. The standard InChI is InChI=1S/C49H40N4/c1-49(2,3)36-21-29-47-44(33-36)45-34-43(27-30-48(45)53(47)39-19-11-6-12-20-39)52(42-26-28-46-35(32-42)14-13-31-50-46)41-24-22-40(23-25-41)51(37-15-7-4-8-16-37)38-17-9-5-10-18-38/h4-34H,1-3H3. The minimum absolute atomic E-state index is 0.0211. The van der Waals surface area contributed by atoms with E-state index in [4.69, 9.17) is 0 Å². The van der Waals surface area contributed by atoms with Crippen LogP contribution in [0.2, 0.25) is 0 Å². The van der Waals surface area contributed by atoms with E-state index in [0.717, 1.165) is 50.7 Å². The second-order valence-corrected chi connectivity index (χ2v) is 14.6. The second-order valence-electron chi connectivity index (χ2n) is 14.6. The third-order valence-corrected chi connectivity index (χ3v) is 10.1. The lowest BCUT2D eigenvalue weighted by atomic mass is 9.86. The zero-order valence-corrected chi connectivity index (χ0v) is 30.2. The van der Waals surface area contributed by atoms with Crippen molar-refractivity contribution in [3.05, 3.63) is 194 Å². The zero-order chi connectivity index (χ0) is 35.9. The summed E-state index contributed by atoms with van der Waals surface area (Å²) in [7, 11) is 0. The number of anilines is 6.